The van der Waals surface area contributed by atoms with Gasteiger partial charge in [0.2, 0.25) is 0 Å². The van der Waals surface area contributed by atoms with Gasteiger partial charge in [-0.25, -0.2) is 0 Å². The van der Waals surface area contributed by atoms with Crippen molar-refractivity contribution in [3.8, 4) is 0 Å². The van der Waals surface area contributed by atoms with Crippen molar-refractivity contribution in [2.75, 3.05) is 26.4 Å². The van der Waals surface area contributed by atoms with Crippen LogP contribution in [-0.2, 0) is 34.0 Å². The summed E-state index contributed by atoms with van der Waals surface area (Å²) in [6.07, 6.45) is -3.55. The first-order valence-electron chi connectivity index (χ1n) is 12.2. The van der Waals surface area contributed by atoms with Crippen LogP contribution < -0.4 is 0 Å². The molecule has 0 radical (unpaired) electrons. The molecule has 0 bridgehead atoms. The molecule has 4 atom stereocenters. The molecule has 5 N–H and O–H groups in total. The normalized spacial score (nSPS) is 16.5. The smallest absolute Gasteiger partial charge is 0.149 e. The van der Waals surface area contributed by atoms with E-state index in [4.69, 9.17) is 14.2 Å². The maximum Gasteiger partial charge on any atom is 0.149 e. The van der Waals surface area contributed by atoms with E-state index in [0.29, 0.717) is 0 Å². The van der Waals surface area contributed by atoms with Gasteiger partial charge in [0.25, 0.3) is 0 Å². The molecular formula is C29H36O8. The van der Waals surface area contributed by atoms with Gasteiger partial charge >= 0.3 is 0 Å². The molecule has 0 aliphatic carbocycles. The lowest BCUT2D eigenvalue weighted by atomic mass is 9.75. The van der Waals surface area contributed by atoms with Gasteiger partial charge in [0.05, 0.1) is 46.2 Å². The van der Waals surface area contributed by atoms with E-state index in [9.17, 15) is 25.5 Å². The molecule has 0 heterocycles. The number of aliphatic hydroxyl groups excluding tert-OH is 3. The molecule has 3 rings (SSSR count). The summed E-state index contributed by atoms with van der Waals surface area (Å²) >= 11 is 0. The molecule has 37 heavy (non-hydrogen) atoms. The highest BCUT2D eigenvalue weighted by molar-refractivity contribution is 5.16. The summed E-state index contributed by atoms with van der Waals surface area (Å²) in [4.78, 5) is 0. The van der Waals surface area contributed by atoms with Crippen molar-refractivity contribution in [1.82, 2.24) is 0 Å². The van der Waals surface area contributed by atoms with E-state index in [1.54, 1.807) is 0 Å². The Hall–Kier alpha value is -2.66. The van der Waals surface area contributed by atoms with Crippen molar-refractivity contribution in [2.24, 2.45) is 0 Å². The van der Waals surface area contributed by atoms with Crippen molar-refractivity contribution in [1.29, 1.82) is 0 Å². The second-order valence-corrected chi connectivity index (χ2v) is 9.02. The molecular weight excluding hydrogens is 476 g/mol. The number of hydrogen-bond acceptors (Lipinski definition) is 8. The Labute approximate surface area is 217 Å². The quantitative estimate of drug-likeness (QED) is 0.197. The largest absolute Gasteiger partial charge is 0.394 e. The zero-order valence-electron chi connectivity index (χ0n) is 20.7. The lowest BCUT2D eigenvalue weighted by Crippen LogP contribution is -2.72. The fourth-order valence-electron chi connectivity index (χ4n) is 3.97. The maximum absolute atomic E-state index is 11.7. The van der Waals surface area contributed by atoms with E-state index in [2.05, 4.69) is 0 Å². The van der Waals surface area contributed by atoms with Crippen LogP contribution in [0.2, 0.25) is 0 Å². The molecule has 0 amide bonds. The van der Waals surface area contributed by atoms with Crippen LogP contribution in [0.15, 0.2) is 91.0 Å². The number of hydrogen-bond donors (Lipinski definition) is 5. The van der Waals surface area contributed by atoms with Crippen molar-refractivity contribution in [3.05, 3.63) is 108 Å². The van der Waals surface area contributed by atoms with Crippen molar-refractivity contribution in [3.63, 3.8) is 0 Å². The van der Waals surface area contributed by atoms with Gasteiger partial charge in [0.15, 0.2) is 0 Å². The molecule has 0 saturated carbocycles. The van der Waals surface area contributed by atoms with E-state index in [1.165, 1.54) is 0 Å². The summed E-state index contributed by atoms with van der Waals surface area (Å²) in [6.45, 7) is -2.11. The monoisotopic (exact) mass is 512 g/mol. The molecule has 0 fully saturated rings. The lowest BCUT2D eigenvalue weighted by molar-refractivity contribution is -0.283. The van der Waals surface area contributed by atoms with E-state index < -0.39 is 43.2 Å². The lowest BCUT2D eigenvalue weighted by Gasteiger charge is -2.47. The van der Waals surface area contributed by atoms with Gasteiger partial charge in [-0.2, -0.15) is 0 Å². The molecule has 0 spiro atoms. The van der Waals surface area contributed by atoms with Crippen molar-refractivity contribution >= 4 is 0 Å². The Bertz CT molecular complexity index is 1020. The van der Waals surface area contributed by atoms with Crippen LogP contribution in [0.5, 0.6) is 0 Å². The highest BCUT2D eigenvalue weighted by Crippen LogP contribution is 2.32. The number of rotatable bonds is 16. The Balaban J connectivity index is 1.77. The minimum absolute atomic E-state index is 0.0723. The highest BCUT2D eigenvalue weighted by Gasteiger charge is 2.58. The average Bonchev–Trinajstić information content (AvgIpc) is 2.94. The van der Waals surface area contributed by atoms with Crippen LogP contribution in [0.1, 0.15) is 16.7 Å². The summed E-state index contributed by atoms with van der Waals surface area (Å²) < 4.78 is 17.0. The predicted octanol–water partition coefficient (Wildman–Crippen LogP) is 1.81. The summed E-state index contributed by atoms with van der Waals surface area (Å²) in [5.74, 6) is 0. The van der Waals surface area contributed by atoms with Gasteiger partial charge < -0.3 is 39.7 Å². The van der Waals surface area contributed by atoms with Gasteiger partial charge in [-0.05, 0) is 16.7 Å². The summed E-state index contributed by atoms with van der Waals surface area (Å²) in [5, 5.41) is 54.7. The first-order chi connectivity index (χ1) is 17.9. The summed E-state index contributed by atoms with van der Waals surface area (Å²) in [6, 6.07) is 27.6. The molecule has 0 aromatic heterocycles. The van der Waals surface area contributed by atoms with Crippen molar-refractivity contribution < 1.29 is 39.7 Å². The minimum Gasteiger partial charge on any atom is -0.394 e. The number of aliphatic hydroxyl groups is 5. The van der Waals surface area contributed by atoms with E-state index in [0.717, 1.165) is 16.7 Å². The Morgan fingerprint density at radius 2 is 0.892 bits per heavy atom. The molecule has 8 heteroatoms. The van der Waals surface area contributed by atoms with Gasteiger partial charge in [0, 0.05) is 0 Å². The van der Waals surface area contributed by atoms with Gasteiger partial charge in [0.1, 0.15) is 23.4 Å². The predicted molar refractivity (Wildman–Crippen MR) is 137 cm³/mol. The first-order valence-corrected chi connectivity index (χ1v) is 12.2. The minimum atomic E-state index is -2.50. The van der Waals surface area contributed by atoms with Gasteiger partial charge in [-0.1, -0.05) is 91.0 Å². The second-order valence-electron chi connectivity index (χ2n) is 9.02. The highest BCUT2D eigenvalue weighted by atomic mass is 16.5. The molecule has 8 nitrogen and oxygen atoms in total. The second kappa shape index (κ2) is 14.3. The Morgan fingerprint density at radius 1 is 0.541 bits per heavy atom. The molecule has 0 aliphatic rings. The zero-order valence-corrected chi connectivity index (χ0v) is 20.7. The Kier molecular flexibility index (Phi) is 11.2. The van der Waals surface area contributed by atoms with Crippen LogP contribution in [0.4, 0.5) is 0 Å². The third-order valence-electron chi connectivity index (χ3n) is 6.28. The topological polar surface area (TPSA) is 129 Å². The van der Waals surface area contributed by atoms with Crippen LogP contribution in [0.25, 0.3) is 0 Å². The van der Waals surface area contributed by atoms with Crippen LogP contribution in [0.3, 0.4) is 0 Å². The zero-order chi connectivity index (χ0) is 26.6. The molecule has 200 valence electrons. The average molecular weight is 513 g/mol. The third kappa shape index (κ3) is 7.91. The van der Waals surface area contributed by atoms with Crippen molar-refractivity contribution in [2.45, 2.75) is 43.2 Å². The maximum atomic E-state index is 11.7. The molecule has 3 aromatic rings. The fourth-order valence-corrected chi connectivity index (χ4v) is 3.97. The Morgan fingerprint density at radius 3 is 1.27 bits per heavy atom. The number of ether oxygens (including phenoxy) is 3. The standard InChI is InChI=1S/C29H36O8/c30-16-26(31)28(33,21-36-18-24-12-6-2-7-13-24)29(34,22-37-19-25-14-8-3-9-15-25)27(32)20-35-17-23-10-4-1-5-11-23/h1-15,26-27,30-34H,16-22H2/t26-,27-,28-,29+/m1/s1. The van der Waals surface area contributed by atoms with Crippen LogP contribution in [0, 0.1) is 0 Å². The van der Waals surface area contributed by atoms with Crippen LogP contribution in [-0.4, -0.2) is 75.4 Å². The van der Waals surface area contributed by atoms with E-state index >= 15 is 0 Å². The van der Waals surface area contributed by atoms with Crippen LogP contribution >= 0.6 is 0 Å². The fraction of sp³-hybridized carbons (Fsp3) is 0.379. The molecule has 0 aliphatic heterocycles. The summed E-state index contributed by atoms with van der Waals surface area (Å²) in [7, 11) is 0. The molecule has 3 aromatic carbocycles. The number of benzene rings is 3. The van der Waals surface area contributed by atoms with E-state index in [1.807, 2.05) is 91.0 Å². The SMILES string of the molecule is OC[C@@H](O)[C@](O)(COCc1ccccc1)[C@](O)(COCc1ccccc1)[C@H](O)COCc1ccccc1. The molecule has 0 unspecified atom stereocenters. The van der Waals surface area contributed by atoms with E-state index in [-0.39, 0.29) is 26.4 Å². The third-order valence-corrected chi connectivity index (χ3v) is 6.28. The first kappa shape index (κ1) is 28.9. The van der Waals surface area contributed by atoms with Gasteiger partial charge in [-0.15, -0.1) is 0 Å². The summed E-state index contributed by atoms with van der Waals surface area (Å²) in [5.41, 5.74) is -2.49. The van der Waals surface area contributed by atoms with Gasteiger partial charge in [-0.3, -0.25) is 0 Å². The molecule has 0 saturated heterocycles.